The van der Waals surface area contributed by atoms with Gasteiger partial charge in [0.15, 0.2) is 0 Å². The summed E-state index contributed by atoms with van der Waals surface area (Å²) in [6.07, 6.45) is 40.8. The van der Waals surface area contributed by atoms with E-state index in [0.29, 0.717) is 0 Å². The van der Waals surface area contributed by atoms with E-state index < -0.39 is 11.9 Å². The molecule has 0 unspecified atom stereocenters. The van der Waals surface area contributed by atoms with Crippen molar-refractivity contribution in [2.45, 2.75) is 206 Å². The summed E-state index contributed by atoms with van der Waals surface area (Å²) in [6, 6.07) is 0. The molecule has 0 aromatic heterocycles. The molecule has 0 radical (unpaired) electrons. The van der Waals surface area contributed by atoms with Crippen LogP contribution in [0.25, 0.3) is 0 Å². The van der Waals surface area contributed by atoms with E-state index in [1.807, 2.05) is 0 Å². The van der Waals surface area contributed by atoms with Gasteiger partial charge in [0, 0.05) is 11.9 Å². The smallest absolute Gasteiger partial charge is 0.550 e. The van der Waals surface area contributed by atoms with Gasteiger partial charge >= 0.3 is 59.1 Å². The predicted octanol–water partition coefficient (Wildman–Crippen LogP) is 3.78. The van der Waals surface area contributed by atoms with E-state index >= 15 is 0 Å². The van der Waals surface area contributed by atoms with Crippen molar-refractivity contribution in [2.75, 3.05) is 0 Å². The van der Waals surface area contributed by atoms with Crippen LogP contribution < -0.4 is 69.3 Å². The molecule has 0 N–H and O–H groups in total. The molecule has 4 nitrogen and oxygen atoms in total. The van der Waals surface area contributed by atoms with Crippen LogP contribution in [0.15, 0.2) is 12.2 Å². The Kier molecular flexibility index (Phi) is 54.4. The topological polar surface area (TPSA) is 80.3 Å². The molecule has 0 aliphatic heterocycles. The minimum atomic E-state index is -0.914. The second-order valence-corrected chi connectivity index (χ2v) is 11.8. The Bertz CT molecular complexity index is 540. The van der Waals surface area contributed by atoms with Gasteiger partial charge in [0.25, 0.3) is 0 Å². The predicted molar refractivity (Wildman–Crippen MR) is 169 cm³/mol. The summed E-state index contributed by atoms with van der Waals surface area (Å²) in [6.45, 7) is 4.52. The van der Waals surface area contributed by atoms with Gasteiger partial charge < -0.3 is 19.8 Å². The van der Waals surface area contributed by atoms with Crippen LogP contribution in [-0.4, -0.2) is 11.9 Å². The third-order valence-electron chi connectivity index (χ3n) is 7.63. The van der Waals surface area contributed by atoms with Gasteiger partial charge in [-0.2, -0.15) is 0 Å². The third kappa shape index (κ3) is 53.3. The normalized spacial score (nSPS) is 10.5. The van der Waals surface area contributed by atoms with E-state index in [1.54, 1.807) is 0 Å². The second kappa shape index (κ2) is 46.1. The van der Waals surface area contributed by atoms with Crippen molar-refractivity contribution in [1.82, 2.24) is 0 Å². The fourth-order valence-corrected chi connectivity index (χ4v) is 4.98. The summed E-state index contributed by atoms with van der Waals surface area (Å²) in [4.78, 5) is 20.4. The molecule has 0 fully saturated rings. The fraction of sp³-hybridized carbons (Fsp3) is 0.889. The van der Waals surface area contributed by atoms with Gasteiger partial charge in [-0.15, -0.1) is 0 Å². The summed E-state index contributed by atoms with van der Waals surface area (Å²) < 4.78 is 0. The van der Waals surface area contributed by atoms with Gasteiger partial charge in [0.1, 0.15) is 0 Å². The Morgan fingerprint density at radius 1 is 0.381 bits per heavy atom. The maximum atomic E-state index is 10.2. The number of hydrogen-bond donors (Lipinski definition) is 0. The largest absolute Gasteiger partial charge is 1.00 e. The number of aliphatic carboxylic acids is 2. The number of hydrogen-bond acceptors (Lipinski definition) is 4. The van der Waals surface area contributed by atoms with Gasteiger partial charge in [-0.3, -0.25) is 0 Å². The van der Waals surface area contributed by atoms with Crippen molar-refractivity contribution >= 4 is 11.9 Å². The van der Waals surface area contributed by atoms with Gasteiger partial charge in [0.05, 0.1) is 0 Å². The van der Waals surface area contributed by atoms with Crippen LogP contribution in [0.4, 0.5) is 0 Å². The van der Waals surface area contributed by atoms with Gasteiger partial charge in [-0.1, -0.05) is 167 Å². The molecule has 42 heavy (non-hydrogen) atoms. The van der Waals surface area contributed by atoms with Crippen molar-refractivity contribution in [3.8, 4) is 0 Å². The minimum absolute atomic E-state index is 0. The maximum Gasteiger partial charge on any atom is 1.00 e. The molecule has 0 aliphatic carbocycles. The minimum Gasteiger partial charge on any atom is -0.550 e. The van der Waals surface area contributed by atoms with Crippen LogP contribution >= 0.6 is 0 Å². The van der Waals surface area contributed by atoms with Crippen molar-refractivity contribution in [3.05, 3.63) is 12.2 Å². The first kappa shape index (κ1) is 49.6. The summed E-state index contributed by atoms with van der Waals surface area (Å²) in [5.74, 6) is -1.82. The standard InChI is InChI=1S/C18H36O2.C18H34O2.2Na/c2*1-2-3-4-5-6-7-8-9-10-11-12-13-14-15-16-17-18(19)20;;/h2-17H2,1H3,(H,19,20);9-10H,2-8,11-17H2,1H3,(H,19,20);;/q;;2*+1/p-2/b;10-9-;;. The zero-order valence-corrected chi connectivity index (χ0v) is 33.0. The zero-order chi connectivity index (χ0) is 29.8. The van der Waals surface area contributed by atoms with Gasteiger partial charge in [-0.05, 0) is 51.4 Å². The quantitative estimate of drug-likeness (QED) is 0.0680. The molecule has 0 spiro atoms. The third-order valence-corrected chi connectivity index (χ3v) is 7.63. The Hall–Kier alpha value is 0.680. The average Bonchev–Trinajstić information content (AvgIpc) is 2.93. The molecular weight excluding hydrogens is 542 g/mol. The molecule has 0 heterocycles. The van der Waals surface area contributed by atoms with Crippen LogP contribution in [0.3, 0.4) is 0 Å². The van der Waals surface area contributed by atoms with E-state index in [9.17, 15) is 19.8 Å². The van der Waals surface area contributed by atoms with Crippen molar-refractivity contribution in [2.24, 2.45) is 0 Å². The van der Waals surface area contributed by atoms with Crippen molar-refractivity contribution in [1.29, 1.82) is 0 Å². The Labute approximate surface area is 307 Å². The van der Waals surface area contributed by atoms with E-state index in [0.717, 1.165) is 32.1 Å². The van der Waals surface area contributed by atoms with Crippen molar-refractivity contribution < 1.29 is 78.9 Å². The number of rotatable bonds is 31. The van der Waals surface area contributed by atoms with Crippen LogP contribution in [-0.2, 0) is 9.59 Å². The number of carboxylic acid groups (broad SMARTS) is 2. The molecule has 0 saturated carbocycles. The van der Waals surface area contributed by atoms with E-state index in [2.05, 4.69) is 26.0 Å². The number of carbonyl (C=O) groups is 2. The summed E-state index contributed by atoms with van der Waals surface area (Å²) in [7, 11) is 0. The van der Waals surface area contributed by atoms with Gasteiger partial charge in [-0.25, -0.2) is 0 Å². The SMILES string of the molecule is CCCCCCCC/C=C\CCCCCCCC(=O)[O-].CCCCCCCCCCCCCCCCCC(=O)[O-].[Na+].[Na+]. The zero-order valence-electron chi connectivity index (χ0n) is 29.0. The van der Waals surface area contributed by atoms with E-state index in [1.165, 1.54) is 148 Å². The molecule has 0 aromatic rings. The molecule has 0 saturated heterocycles. The summed E-state index contributed by atoms with van der Waals surface area (Å²) >= 11 is 0. The fourth-order valence-electron chi connectivity index (χ4n) is 4.98. The molecule has 0 rings (SSSR count). The van der Waals surface area contributed by atoms with Crippen LogP contribution in [0.5, 0.6) is 0 Å². The Morgan fingerprint density at radius 2 is 0.595 bits per heavy atom. The first-order valence-corrected chi connectivity index (χ1v) is 17.6. The number of carbonyl (C=O) groups excluding carboxylic acids is 2. The Balaban J connectivity index is -0.000000328. The van der Waals surface area contributed by atoms with E-state index in [-0.39, 0.29) is 72.0 Å². The molecule has 0 aliphatic rings. The average molecular weight is 611 g/mol. The first-order chi connectivity index (χ1) is 19.5. The molecule has 0 aromatic carbocycles. The monoisotopic (exact) mass is 610 g/mol. The molecule has 0 bridgehead atoms. The van der Waals surface area contributed by atoms with E-state index in [4.69, 9.17) is 0 Å². The summed E-state index contributed by atoms with van der Waals surface area (Å²) in [5.41, 5.74) is 0. The van der Waals surface area contributed by atoms with Crippen LogP contribution in [0.1, 0.15) is 206 Å². The molecule has 0 atom stereocenters. The summed E-state index contributed by atoms with van der Waals surface area (Å²) in [5, 5.41) is 20.4. The first-order valence-electron chi connectivity index (χ1n) is 17.6. The molecule has 6 heteroatoms. The molecule has 238 valence electrons. The van der Waals surface area contributed by atoms with Crippen LogP contribution in [0, 0.1) is 0 Å². The number of unbranched alkanes of at least 4 members (excludes halogenated alkanes) is 25. The van der Waals surface area contributed by atoms with Crippen LogP contribution in [0.2, 0.25) is 0 Å². The molecular formula is C36H68Na2O4. The number of allylic oxidation sites excluding steroid dienone is 2. The maximum absolute atomic E-state index is 10.2. The van der Waals surface area contributed by atoms with Gasteiger partial charge in [0.2, 0.25) is 0 Å². The Morgan fingerprint density at radius 3 is 0.833 bits per heavy atom. The van der Waals surface area contributed by atoms with Crippen molar-refractivity contribution in [3.63, 3.8) is 0 Å². The second-order valence-electron chi connectivity index (χ2n) is 11.8. The number of carboxylic acids is 2. The molecule has 0 amide bonds.